The number of carbonyl (C=O) groups excluding carboxylic acids is 2. The zero-order valence-corrected chi connectivity index (χ0v) is 24.6. The average molecular weight is 503 g/mol. The highest BCUT2D eigenvalue weighted by Gasteiger charge is 2.55. The second kappa shape index (κ2) is 16.0. The van der Waals surface area contributed by atoms with Gasteiger partial charge >= 0.3 is 5.97 Å². The van der Waals surface area contributed by atoms with Crippen molar-refractivity contribution >= 4 is 11.8 Å². The molecule has 0 spiro atoms. The van der Waals surface area contributed by atoms with Gasteiger partial charge in [-0.15, -0.1) is 0 Å². The van der Waals surface area contributed by atoms with Crippen LogP contribution in [0.3, 0.4) is 0 Å². The molecule has 0 radical (unpaired) electrons. The first-order chi connectivity index (χ1) is 17.2. The largest absolute Gasteiger partial charge is 0.465 e. The number of unbranched alkanes of at least 4 members (excludes halogenated alkanes) is 14. The number of hydrogen-bond acceptors (Lipinski definition) is 3. The maximum absolute atomic E-state index is 12.9. The summed E-state index contributed by atoms with van der Waals surface area (Å²) in [6, 6.07) is 0. The van der Waals surface area contributed by atoms with Crippen molar-refractivity contribution in [1.29, 1.82) is 0 Å². The van der Waals surface area contributed by atoms with Crippen LogP contribution in [0.25, 0.3) is 0 Å². The average Bonchev–Trinajstić information content (AvgIpc) is 2.80. The van der Waals surface area contributed by atoms with Crippen LogP contribution in [0.2, 0.25) is 0 Å². The molecule has 0 aromatic heterocycles. The first-order valence-corrected chi connectivity index (χ1v) is 15.6. The van der Waals surface area contributed by atoms with Gasteiger partial charge in [0.05, 0.1) is 6.61 Å². The zero-order chi connectivity index (χ0) is 26.4. The molecule has 1 saturated carbocycles. The monoisotopic (exact) mass is 502 g/mol. The topological polar surface area (TPSA) is 43.4 Å². The molecule has 3 atom stereocenters. The molecular weight excluding hydrogens is 444 g/mol. The molecule has 0 amide bonds. The van der Waals surface area contributed by atoms with Gasteiger partial charge in [0.25, 0.3) is 0 Å². The molecule has 3 nitrogen and oxygen atoms in total. The Morgan fingerprint density at radius 1 is 0.833 bits per heavy atom. The van der Waals surface area contributed by atoms with E-state index in [2.05, 4.69) is 27.7 Å². The Kier molecular flexibility index (Phi) is 13.8. The highest BCUT2D eigenvalue weighted by Crippen LogP contribution is 2.58. The summed E-state index contributed by atoms with van der Waals surface area (Å²) in [7, 11) is 0. The molecule has 2 rings (SSSR count). The van der Waals surface area contributed by atoms with Gasteiger partial charge < -0.3 is 4.74 Å². The van der Waals surface area contributed by atoms with Crippen LogP contribution < -0.4 is 0 Å². The van der Waals surface area contributed by atoms with Crippen molar-refractivity contribution in [3.63, 3.8) is 0 Å². The number of fused-ring (bicyclic) bond motifs is 1. The molecule has 0 bridgehead atoms. The van der Waals surface area contributed by atoms with E-state index in [0.29, 0.717) is 13.0 Å². The zero-order valence-electron chi connectivity index (χ0n) is 24.6. The van der Waals surface area contributed by atoms with Crippen LogP contribution in [0.1, 0.15) is 157 Å². The lowest BCUT2D eigenvalue weighted by Gasteiger charge is -2.55. The van der Waals surface area contributed by atoms with Gasteiger partial charge in [-0.05, 0) is 43.1 Å². The summed E-state index contributed by atoms with van der Waals surface area (Å²) < 4.78 is 5.80. The highest BCUT2D eigenvalue weighted by molar-refractivity contribution is 5.95. The molecule has 208 valence electrons. The Morgan fingerprint density at radius 2 is 1.33 bits per heavy atom. The first kappa shape index (κ1) is 31.1. The summed E-state index contributed by atoms with van der Waals surface area (Å²) in [5.41, 5.74) is 1.00. The van der Waals surface area contributed by atoms with Crippen molar-refractivity contribution in [2.45, 2.75) is 157 Å². The molecule has 0 saturated heterocycles. The van der Waals surface area contributed by atoms with E-state index >= 15 is 0 Å². The van der Waals surface area contributed by atoms with Crippen LogP contribution in [0.5, 0.6) is 0 Å². The Bertz CT molecular complexity index is 691. The Hall–Kier alpha value is -1.12. The van der Waals surface area contributed by atoms with E-state index in [1.54, 1.807) is 0 Å². The van der Waals surface area contributed by atoms with Gasteiger partial charge in [-0.2, -0.15) is 0 Å². The maximum Gasteiger partial charge on any atom is 0.305 e. The summed E-state index contributed by atoms with van der Waals surface area (Å²) in [6.07, 6.45) is 25.6. The molecule has 2 aliphatic carbocycles. The molecule has 2 aliphatic rings. The number of esters is 1. The number of carbonyl (C=O) groups is 2. The third kappa shape index (κ3) is 9.64. The predicted octanol–water partition coefficient (Wildman–Crippen LogP) is 9.77. The van der Waals surface area contributed by atoms with Crippen molar-refractivity contribution in [2.24, 2.45) is 22.7 Å². The van der Waals surface area contributed by atoms with Crippen LogP contribution in [0.4, 0.5) is 0 Å². The van der Waals surface area contributed by atoms with Crippen molar-refractivity contribution in [1.82, 2.24) is 0 Å². The fourth-order valence-corrected chi connectivity index (χ4v) is 7.33. The van der Waals surface area contributed by atoms with Crippen LogP contribution in [-0.4, -0.2) is 18.4 Å². The molecule has 0 heterocycles. The molecule has 1 fully saturated rings. The predicted molar refractivity (Wildman–Crippen MR) is 152 cm³/mol. The minimum absolute atomic E-state index is 0.0113. The standard InChI is InChI=1S/C33H58O3/c1-6-7-8-9-10-11-12-13-14-15-16-17-18-19-20-22-30(35)36-26-28-27(2)25-29(34)31-32(3,4)23-21-24-33(28,31)5/h25,28,31H,6-24,26H2,1-5H3. The third-order valence-electron chi connectivity index (χ3n) is 9.37. The molecular formula is C33H58O3. The van der Waals surface area contributed by atoms with E-state index in [0.717, 1.165) is 37.7 Å². The van der Waals surface area contributed by atoms with Gasteiger partial charge in [0.2, 0.25) is 0 Å². The van der Waals surface area contributed by atoms with E-state index in [1.807, 2.05) is 13.0 Å². The first-order valence-electron chi connectivity index (χ1n) is 15.6. The molecule has 36 heavy (non-hydrogen) atoms. The van der Waals surface area contributed by atoms with E-state index < -0.39 is 0 Å². The van der Waals surface area contributed by atoms with Crippen LogP contribution in [0.15, 0.2) is 11.6 Å². The molecule has 0 aliphatic heterocycles. The van der Waals surface area contributed by atoms with Crippen molar-refractivity contribution in [3.05, 3.63) is 11.6 Å². The fraction of sp³-hybridized carbons (Fsp3) is 0.879. The maximum atomic E-state index is 12.9. The summed E-state index contributed by atoms with van der Waals surface area (Å²) in [5.74, 6) is 0.399. The Morgan fingerprint density at radius 3 is 1.86 bits per heavy atom. The fourth-order valence-electron chi connectivity index (χ4n) is 7.33. The second-order valence-corrected chi connectivity index (χ2v) is 13.0. The van der Waals surface area contributed by atoms with E-state index in [1.165, 1.54) is 83.5 Å². The van der Waals surface area contributed by atoms with E-state index in [4.69, 9.17) is 4.74 Å². The lowest BCUT2D eigenvalue weighted by molar-refractivity contribution is -0.150. The second-order valence-electron chi connectivity index (χ2n) is 13.0. The van der Waals surface area contributed by atoms with Gasteiger partial charge in [-0.25, -0.2) is 0 Å². The van der Waals surface area contributed by atoms with Crippen molar-refractivity contribution in [2.75, 3.05) is 6.61 Å². The lowest BCUT2D eigenvalue weighted by Crippen LogP contribution is -2.53. The molecule has 3 unspecified atom stereocenters. The van der Waals surface area contributed by atoms with E-state index in [9.17, 15) is 9.59 Å². The molecule has 0 aromatic carbocycles. The molecule has 0 aromatic rings. The number of rotatable bonds is 18. The summed E-state index contributed by atoms with van der Waals surface area (Å²) >= 11 is 0. The molecule has 0 N–H and O–H groups in total. The van der Waals surface area contributed by atoms with Gasteiger partial charge in [0, 0.05) is 18.3 Å². The highest BCUT2D eigenvalue weighted by atomic mass is 16.5. The van der Waals surface area contributed by atoms with Crippen LogP contribution >= 0.6 is 0 Å². The van der Waals surface area contributed by atoms with Crippen LogP contribution in [0, 0.1) is 22.7 Å². The minimum atomic E-state index is -0.105. The van der Waals surface area contributed by atoms with Crippen LogP contribution in [-0.2, 0) is 14.3 Å². The summed E-state index contributed by atoms with van der Waals surface area (Å²) in [6.45, 7) is 11.5. The van der Waals surface area contributed by atoms with Gasteiger partial charge in [-0.3, -0.25) is 9.59 Å². The summed E-state index contributed by atoms with van der Waals surface area (Å²) in [4.78, 5) is 25.4. The Balaban J connectivity index is 1.53. The smallest absolute Gasteiger partial charge is 0.305 e. The molecule has 3 heteroatoms. The normalized spacial score (nSPS) is 25.4. The third-order valence-corrected chi connectivity index (χ3v) is 9.37. The Labute approximate surface area is 223 Å². The van der Waals surface area contributed by atoms with E-state index in [-0.39, 0.29) is 34.4 Å². The van der Waals surface area contributed by atoms with Crippen molar-refractivity contribution < 1.29 is 14.3 Å². The SMILES string of the molecule is CCCCCCCCCCCCCCCCCC(=O)OCC1C(C)=CC(=O)C2C(C)(C)CCCC12C. The minimum Gasteiger partial charge on any atom is -0.465 e. The number of allylic oxidation sites excluding steroid dienone is 1. The lowest BCUT2D eigenvalue weighted by atomic mass is 9.48. The van der Waals surface area contributed by atoms with Gasteiger partial charge in [0.15, 0.2) is 5.78 Å². The quantitative estimate of drug-likeness (QED) is 0.138. The number of hydrogen-bond donors (Lipinski definition) is 0. The number of ether oxygens (including phenoxy) is 1. The van der Waals surface area contributed by atoms with Gasteiger partial charge in [-0.1, -0.05) is 130 Å². The van der Waals surface area contributed by atoms with Crippen molar-refractivity contribution in [3.8, 4) is 0 Å². The summed E-state index contributed by atoms with van der Waals surface area (Å²) in [5, 5.41) is 0. The number of ketones is 1. The van der Waals surface area contributed by atoms with Gasteiger partial charge in [0.1, 0.15) is 0 Å².